The van der Waals surface area contributed by atoms with Gasteiger partial charge in [0.2, 0.25) is 0 Å². The van der Waals surface area contributed by atoms with E-state index in [-0.39, 0.29) is 5.91 Å². The van der Waals surface area contributed by atoms with Crippen LogP contribution >= 0.6 is 27.5 Å². The monoisotopic (exact) mass is 312 g/mol. The number of halogens is 1. The third kappa shape index (κ3) is 2.86. The summed E-state index contributed by atoms with van der Waals surface area (Å²) in [5.41, 5.74) is 0.711. The average Bonchev–Trinajstić information content (AvgIpc) is 2.77. The fraction of sp³-hybridized carbons (Fsp3) is 0.200. The zero-order chi connectivity index (χ0) is 12.3. The predicted octanol–water partition coefficient (Wildman–Crippen LogP) is 2.51. The van der Waals surface area contributed by atoms with Gasteiger partial charge in [-0.25, -0.2) is 4.98 Å². The lowest BCUT2D eigenvalue weighted by Crippen LogP contribution is -2.13. The number of aromatic nitrogens is 3. The second kappa shape index (κ2) is 5.33. The number of rotatable bonds is 3. The molecule has 0 aliphatic carbocycles. The van der Waals surface area contributed by atoms with Gasteiger partial charge in [-0.2, -0.15) is 0 Å². The summed E-state index contributed by atoms with van der Waals surface area (Å²) in [7, 11) is 0. The third-order valence-electron chi connectivity index (χ3n) is 2.06. The van der Waals surface area contributed by atoms with E-state index in [0.717, 1.165) is 16.0 Å². The van der Waals surface area contributed by atoms with Gasteiger partial charge < -0.3 is 5.32 Å². The van der Waals surface area contributed by atoms with E-state index in [2.05, 4.69) is 35.8 Å². The number of hydrogen-bond acceptors (Lipinski definition) is 5. The number of hydrogen-bond donors (Lipinski definition) is 1. The van der Waals surface area contributed by atoms with Crippen molar-refractivity contribution >= 4 is 39.2 Å². The van der Waals surface area contributed by atoms with Crippen LogP contribution in [-0.2, 0) is 6.42 Å². The van der Waals surface area contributed by atoms with E-state index < -0.39 is 0 Å². The predicted molar refractivity (Wildman–Crippen MR) is 69.2 cm³/mol. The molecule has 1 amide bonds. The van der Waals surface area contributed by atoms with Crippen molar-refractivity contribution in [3.63, 3.8) is 0 Å². The zero-order valence-corrected chi connectivity index (χ0v) is 11.4. The lowest BCUT2D eigenvalue weighted by Gasteiger charge is -2.03. The molecule has 2 aromatic rings. The van der Waals surface area contributed by atoms with Crippen molar-refractivity contribution in [1.82, 2.24) is 14.6 Å². The van der Waals surface area contributed by atoms with E-state index in [1.807, 2.05) is 6.92 Å². The SMILES string of the molecule is CCc1nnsc1C(=O)Nc1cc(Br)ccn1. The molecule has 7 heteroatoms. The Morgan fingerprint density at radius 1 is 1.59 bits per heavy atom. The van der Waals surface area contributed by atoms with Crippen molar-refractivity contribution in [3.8, 4) is 0 Å². The van der Waals surface area contributed by atoms with Crippen LogP contribution in [0.1, 0.15) is 22.3 Å². The first kappa shape index (κ1) is 12.1. The van der Waals surface area contributed by atoms with Gasteiger partial charge in [0.15, 0.2) is 0 Å². The average molecular weight is 313 g/mol. The van der Waals surface area contributed by atoms with Crippen molar-refractivity contribution in [3.05, 3.63) is 33.4 Å². The molecule has 0 bridgehead atoms. The van der Waals surface area contributed by atoms with Gasteiger partial charge in [0.05, 0.1) is 5.69 Å². The maximum Gasteiger partial charge on any atom is 0.270 e. The van der Waals surface area contributed by atoms with Gasteiger partial charge in [-0.15, -0.1) is 5.10 Å². The van der Waals surface area contributed by atoms with E-state index in [0.29, 0.717) is 22.8 Å². The van der Waals surface area contributed by atoms with Crippen LogP contribution in [0.3, 0.4) is 0 Å². The van der Waals surface area contributed by atoms with Crippen molar-refractivity contribution in [2.45, 2.75) is 13.3 Å². The highest BCUT2D eigenvalue weighted by molar-refractivity contribution is 9.10. The topological polar surface area (TPSA) is 67.8 Å². The molecule has 0 spiro atoms. The van der Waals surface area contributed by atoms with Crippen molar-refractivity contribution in [2.24, 2.45) is 0 Å². The van der Waals surface area contributed by atoms with Crippen molar-refractivity contribution in [2.75, 3.05) is 5.32 Å². The Morgan fingerprint density at radius 2 is 2.41 bits per heavy atom. The molecule has 0 fully saturated rings. The molecule has 88 valence electrons. The largest absolute Gasteiger partial charge is 0.306 e. The van der Waals surface area contributed by atoms with Gasteiger partial charge in [-0.1, -0.05) is 27.3 Å². The molecular formula is C10H9BrN4OS. The van der Waals surface area contributed by atoms with Crippen LogP contribution in [0.25, 0.3) is 0 Å². The Bertz CT molecular complexity index is 543. The van der Waals surface area contributed by atoms with Gasteiger partial charge in [0.25, 0.3) is 5.91 Å². The lowest BCUT2D eigenvalue weighted by molar-refractivity contribution is 0.102. The fourth-order valence-corrected chi connectivity index (χ4v) is 2.24. The van der Waals surface area contributed by atoms with Gasteiger partial charge in [0.1, 0.15) is 10.7 Å². The Kier molecular flexibility index (Phi) is 3.80. The zero-order valence-electron chi connectivity index (χ0n) is 8.98. The van der Waals surface area contributed by atoms with E-state index >= 15 is 0 Å². The second-order valence-corrected chi connectivity index (χ2v) is 4.89. The number of nitrogens with zero attached hydrogens (tertiary/aromatic N) is 3. The summed E-state index contributed by atoms with van der Waals surface area (Å²) in [6.07, 6.45) is 2.30. The molecule has 0 aromatic carbocycles. The normalized spacial score (nSPS) is 10.2. The van der Waals surface area contributed by atoms with Crippen LogP contribution < -0.4 is 5.32 Å². The summed E-state index contributed by atoms with van der Waals surface area (Å²) in [6, 6.07) is 3.53. The molecule has 17 heavy (non-hydrogen) atoms. The highest BCUT2D eigenvalue weighted by Crippen LogP contribution is 2.16. The number of nitrogens with one attached hydrogen (secondary N) is 1. The van der Waals surface area contributed by atoms with Crippen molar-refractivity contribution in [1.29, 1.82) is 0 Å². The van der Waals surface area contributed by atoms with Crippen LogP contribution in [0, 0.1) is 0 Å². The number of anilines is 1. The summed E-state index contributed by atoms with van der Waals surface area (Å²) < 4.78 is 4.64. The minimum Gasteiger partial charge on any atom is -0.306 e. The van der Waals surface area contributed by atoms with Gasteiger partial charge in [0, 0.05) is 10.7 Å². The molecule has 0 saturated carbocycles. The van der Waals surface area contributed by atoms with Crippen LogP contribution in [-0.4, -0.2) is 20.5 Å². The second-order valence-electron chi connectivity index (χ2n) is 3.22. The van der Waals surface area contributed by atoms with E-state index in [4.69, 9.17) is 0 Å². The number of pyridine rings is 1. The molecule has 0 atom stereocenters. The Hall–Kier alpha value is -1.34. The first-order valence-electron chi connectivity index (χ1n) is 4.95. The molecule has 0 unspecified atom stereocenters. The maximum atomic E-state index is 11.9. The van der Waals surface area contributed by atoms with Gasteiger partial charge in [-0.05, 0) is 30.1 Å². The molecular weight excluding hydrogens is 304 g/mol. The third-order valence-corrected chi connectivity index (χ3v) is 3.32. The number of carbonyl (C=O) groups is 1. The molecule has 0 aliphatic heterocycles. The maximum absolute atomic E-state index is 11.9. The molecule has 2 aromatic heterocycles. The quantitative estimate of drug-likeness (QED) is 0.945. The Labute approximate surface area is 111 Å². The first-order valence-corrected chi connectivity index (χ1v) is 6.51. The van der Waals surface area contributed by atoms with Crippen molar-refractivity contribution < 1.29 is 4.79 Å². The summed E-state index contributed by atoms with van der Waals surface area (Å²) in [4.78, 5) is 16.5. The summed E-state index contributed by atoms with van der Waals surface area (Å²) in [6.45, 7) is 1.94. The molecule has 2 heterocycles. The number of aryl methyl sites for hydroxylation is 1. The van der Waals surface area contributed by atoms with E-state index in [1.165, 1.54) is 0 Å². The minimum atomic E-state index is -0.220. The summed E-state index contributed by atoms with van der Waals surface area (Å²) in [5, 5.41) is 6.60. The first-order chi connectivity index (χ1) is 8.20. The smallest absolute Gasteiger partial charge is 0.270 e. The van der Waals surface area contributed by atoms with Crippen LogP contribution in [0.5, 0.6) is 0 Å². The van der Waals surface area contributed by atoms with Crippen LogP contribution in [0.15, 0.2) is 22.8 Å². The molecule has 2 rings (SSSR count). The van der Waals surface area contributed by atoms with E-state index in [1.54, 1.807) is 18.3 Å². The summed E-state index contributed by atoms with van der Waals surface area (Å²) >= 11 is 4.41. The molecule has 1 N–H and O–H groups in total. The fourth-order valence-electron chi connectivity index (χ4n) is 1.26. The highest BCUT2D eigenvalue weighted by atomic mass is 79.9. The highest BCUT2D eigenvalue weighted by Gasteiger charge is 2.15. The summed E-state index contributed by atoms with van der Waals surface area (Å²) in [5.74, 6) is 0.280. The number of carbonyl (C=O) groups excluding carboxylic acids is 1. The lowest BCUT2D eigenvalue weighted by atomic mass is 10.3. The standard InChI is InChI=1S/C10H9BrN4OS/c1-2-7-9(17-15-14-7)10(16)13-8-5-6(11)3-4-12-8/h3-5H,2H2,1H3,(H,12,13,16). The van der Waals surface area contributed by atoms with Crippen LogP contribution in [0.4, 0.5) is 5.82 Å². The van der Waals surface area contributed by atoms with Gasteiger partial charge >= 0.3 is 0 Å². The minimum absolute atomic E-state index is 0.220. The molecule has 0 aliphatic rings. The molecule has 5 nitrogen and oxygen atoms in total. The molecule has 0 radical (unpaired) electrons. The Morgan fingerprint density at radius 3 is 3.12 bits per heavy atom. The van der Waals surface area contributed by atoms with E-state index in [9.17, 15) is 4.79 Å². The molecule has 0 saturated heterocycles. The van der Waals surface area contributed by atoms with Crippen LogP contribution in [0.2, 0.25) is 0 Å². The van der Waals surface area contributed by atoms with Gasteiger partial charge in [-0.3, -0.25) is 4.79 Å². The number of amides is 1. The Balaban J connectivity index is 2.17.